The van der Waals surface area contributed by atoms with Crippen molar-refractivity contribution < 1.29 is 9.90 Å². The number of aliphatic carboxylic acids is 1. The minimum Gasteiger partial charge on any atom is -0.481 e. The summed E-state index contributed by atoms with van der Waals surface area (Å²) in [6.07, 6.45) is 1.73. The summed E-state index contributed by atoms with van der Waals surface area (Å²) in [5.41, 5.74) is 0. The normalized spacial score (nSPS) is 9.62. The zero-order valence-corrected chi connectivity index (χ0v) is 8.41. The maximum Gasteiger partial charge on any atom is 0.305 e. The van der Waals surface area contributed by atoms with Crippen LogP contribution in [0.2, 0.25) is 0 Å². The summed E-state index contributed by atoms with van der Waals surface area (Å²) in [4.78, 5) is 14.2. The van der Waals surface area contributed by atoms with Crippen LogP contribution in [-0.4, -0.2) is 22.6 Å². The number of carbonyl (C=O) groups is 1. The highest BCUT2D eigenvalue weighted by molar-refractivity contribution is 9.10. The minimum atomic E-state index is -0.820. The third kappa shape index (κ3) is 3.42. The second-order valence-electron chi connectivity index (χ2n) is 2.40. The Morgan fingerprint density at radius 3 is 3.08 bits per heavy atom. The second-order valence-corrected chi connectivity index (χ2v) is 3.26. The molecule has 1 aromatic heterocycles. The van der Waals surface area contributed by atoms with Crippen LogP contribution >= 0.6 is 15.9 Å². The smallest absolute Gasteiger partial charge is 0.305 e. The van der Waals surface area contributed by atoms with Gasteiger partial charge in [-0.1, -0.05) is 0 Å². The third-order valence-electron chi connectivity index (χ3n) is 1.39. The lowest BCUT2D eigenvalue weighted by atomic mass is 10.4. The molecule has 1 heterocycles. The number of aromatic nitrogens is 1. The molecular weight excluding hydrogens is 236 g/mol. The zero-order chi connectivity index (χ0) is 9.68. The van der Waals surface area contributed by atoms with Crippen molar-refractivity contribution in [3.63, 3.8) is 0 Å². The maximum atomic E-state index is 10.2. The van der Waals surface area contributed by atoms with Crippen LogP contribution in [0.3, 0.4) is 0 Å². The molecule has 0 fully saturated rings. The van der Waals surface area contributed by atoms with Crippen LogP contribution in [-0.2, 0) is 4.79 Å². The molecule has 0 atom stereocenters. The van der Waals surface area contributed by atoms with Gasteiger partial charge < -0.3 is 10.4 Å². The first kappa shape index (κ1) is 9.98. The van der Waals surface area contributed by atoms with Crippen molar-refractivity contribution in [2.45, 2.75) is 6.42 Å². The molecule has 0 saturated heterocycles. The molecule has 1 aromatic rings. The Bertz CT molecular complexity index is 304. The minimum absolute atomic E-state index is 0.0863. The van der Waals surface area contributed by atoms with E-state index in [1.807, 2.05) is 6.07 Å². The topological polar surface area (TPSA) is 62.2 Å². The summed E-state index contributed by atoms with van der Waals surface area (Å²) >= 11 is 3.29. The number of carboxylic acids is 1. The molecule has 0 aliphatic rings. The molecule has 0 radical (unpaired) electrons. The summed E-state index contributed by atoms with van der Waals surface area (Å²) in [5, 5.41) is 11.3. The Morgan fingerprint density at radius 2 is 2.46 bits per heavy atom. The van der Waals surface area contributed by atoms with E-state index in [0.717, 1.165) is 4.47 Å². The van der Waals surface area contributed by atoms with Gasteiger partial charge in [-0.05, 0) is 28.1 Å². The molecule has 4 nitrogen and oxygen atoms in total. The third-order valence-corrected chi connectivity index (χ3v) is 2.03. The van der Waals surface area contributed by atoms with Gasteiger partial charge in [0.1, 0.15) is 5.82 Å². The van der Waals surface area contributed by atoms with Gasteiger partial charge in [0.25, 0.3) is 0 Å². The monoisotopic (exact) mass is 244 g/mol. The summed E-state index contributed by atoms with van der Waals surface area (Å²) in [7, 11) is 0. The summed E-state index contributed by atoms with van der Waals surface area (Å²) in [6.45, 7) is 0.380. The predicted octanol–water partition coefficient (Wildman–Crippen LogP) is 1.73. The summed E-state index contributed by atoms with van der Waals surface area (Å²) in [5.74, 6) is -0.150. The van der Waals surface area contributed by atoms with Gasteiger partial charge in [-0.2, -0.15) is 0 Å². The average Bonchev–Trinajstić information content (AvgIpc) is 2.08. The number of hydrogen-bond acceptors (Lipinski definition) is 3. The van der Waals surface area contributed by atoms with Gasteiger partial charge in [0.2, 0.25) is 0 Å². The Morgan fingerprint density at radius 1 is 1.69 bits per heavy atom. The van der Waals surface area contributed by atoms with Crippen LogP contribution in [0.25, 0.3) is 0 Å². The van der Waals surface area contributed by atoms with Crippen LogP contribution in [0.5, 0.6) is 0 Å². The number of pyridine rings is 1. The van der Waals surface area contributed by atoms with Crippen LogP contribution in [0, 0.1) is 0 Å². The van der Waals surface area contributed by atoms with E-state index in [2.05, 4.69) is 26.2 Å². The molecule has 0 aromatic carbocycles. The van der Waals surface area contributed by atoms with Crippen molar-refractivity contribution in [2.75, 3.05) is 11.9 Å². The average molecular weight is 245 g/mol. The number of anilines is 1. The first-order valence-electron chi connectivity index (χ1n) is 3.76. The van der Waals surface area contributed by atoms with E-state index in [1.54, 1.807) is 12.3 Å². The molecule has 13 heavy (non-hydrogen) atoms. The van der Waals surface area contributed by atoms with Crippen molar-refractivity contribution >= 4 is 27.7 Å². The number of hydrogen-bond donors (Lipinski definition) is 2. The first-order chi connectivity index (χ1) is 6.20. The molecule has 70 valence electrons. The van der Waals surface area contributed by atoms with Gasteiger partial charge in [-0.3, -0.25) is 4.79 Å². The van der Waals surface area contributed by atoms with Crippen LogP contribution in [0.1, 0.15) is 6.42 Å². The molecule has 0 saturated carbocycles. The molecule has 1 rings (SSSR count). The molecule has 0 aliphatic carbocycles. The fourth-order valence-corrected chi connectivity index (χ4v) is 1.20. The van der Waals surface area contributed by atoms with E-state index in [0.29, 0.717) is 12.4 Å². The largest absolute Gasteiger partial charge is 0.481 e. The summed E-state index contributed by atoms with van der Waals surface area (Å²) < 4.78 is 0.834. The number of rotatable bonds is 4. The van der Waals surface area contributed by atoms with Gasteiger partial charge in [0.15, 0.2) is 0 Å². The predicted molar refractivity (Wildman–Crippen MR) is 52.7 cm³/mol. The first-order valence-corrected chi connectivity index (χ1v) is 4.55. The molecule has 2 N–H and O–H groups in total. The van der Waals surface area contributed by atoms with E-state index >= 15 is 0 Å². The number of halogens is 1. The molecule has 0 spiro atoms. The molecule has 0 amide bonds. The van der Waals surface area contributed by atoms with Crippen molar-refractivity contribution in [2.24, 2.45) is 0 Å². The van der Waals surface area contributed by atoms with Crippen molar-refractivity contribution in [1.29, 1.82) is 0 Å². The van der Waals surface area contributed by atoms with Gasteiger partial charge >= 0.3 is 5.97 Å². The zero-order valence-electron chi connectivity index (χ0n) is 6.83. The molecule has 0 aliphatic heterocycles. The van der Waals surface area contributed by atoms with Crippen molar-refractivity contribution in [3.05, 3.63) is 22.8 Å². The highest BCUT2D eigenvalue weighted by atomic mass is 79.9. The SMILES string of the molecule is O=C(O)CCNc1ncccc1Br. The molecular formula is C8H9BrN2O2. The highest BCUT2D eigenvalue weighted by Gasteiger charge is 2.00. The van der Waals surface area contributed by atoms with E-state index in [-0.39, 0.29) is 6.42 Å². The van der Waals surface area contributed by atoms with Gasteiger partial charge in [-0.25, -0.2) is 4.98 Å². The van der Waals surface area contributed by atoms with E-state index in [9.17, 15) is 4.79 Å². The van der Waals surface area contributed by atoms with Crippen molar-refractivity contribution in [1.82, 2.24) is 4.98 Å². The van der Waals surface area contributed by atoms with Crippen LogP contribution in [0.4, 0.5) is 5.82 Å². The lowest BCUT2D eigenvalue weighted by molar-refractivity contribution is -0.136. The number of nitrogens with one attached hydrogen (secondary N) is 1. The van der Waals surface area contributed by atoms with Crippen molar-refractivity contribution in [3.8, 4) is 0 Å². The fourth-order valence-electron chi connectivity index (χ4n) is 0.804. The lowest BCUT2D eigenvalue weighted by Gasteiger charge is -2.04. The molecule has 5 heteroatoms. The van der Waals surface area contributed by atoms with Gasteiger partial charge in [0.05, 0.1) is 10.9 Å². The van der Waals surface area contributed by atoms with E-state index in [4.69, 9.17) is 5.11 Å². The maximum absolute atomic E-state index is 10.2. The Balaban J connectivity index is 2.45. The molecule has 0 bridgehead atoms. The molecule has 0 unspecified atom stereocenters. The fraction of sp³-hybridized carbons (Fsp3) is 0.250. The number of carboxylic acid groups (broad SMARTS) is 1. The highest BCUT2D eigenvalue weighted by Crippen LogP contribution is 2.17. The second kappa shape index (κ2) is 4.81. The number of nitrogens with zero attached hydrogens (tertiary/aromatic N) is 1. The summed E-state index contributed by atoms with van der Waals surface area (Å²) in [6, 6.07) is 3.64. The van der Waals surface area contributed by atoms with E-state index in [1.165, 1.54) is 0 Å². The quantitative estimate of drug-likeness (QED) is 0.847. The standard InChI is InChI=1S/C8H9BrN2O2/c9-6-2-1-4-10-8(6)11-5-3-7(12)13/h1-2,4H,3,5H2,(H,10,11)(H,12,13). The lowest BCUT2D eigenvalue weighted by Crippen LogP contribution is -2.08. The van der Waals surface area contributed by atoms with Crippen LogP contribution < -0.4 is 5.32 Å². The Kier molecular flexibility index (Phi) is 3.70. The van der Waals surface area contributed by atoms with Crippen LogP contribution in [0.15, 0.2) is 22.8 Å². The Hall–Kier alpha value is -1.10. The van der Waals surface area contributed by atoms with Gasteiger partial charge in [0, 0.05) is 12.7 Å². The Labute approximate surface area is 84.1 Å². The van der Waals surface area contributed by atoms with Gasteiger partial charge in [-0.15, -0.1) is 0 Å². The van der Waals surface area contributed by atoms with E-state index < -0.39 is 5.97 Å².